The molecule has 0 spiro atoms. The molecule has 0 N–H and O–H groups in total. The van der Waals surface area contributed by atoms with Gasteiger partial charge in [-0.2, -0.15) is 0 Å². The molecule has 2 aromatic rings. The first-order valence-electron chi connectivity index (χ1n) is 9.89. The Balaban J connectivity index is 1.92. The molecular formula is C23H32IO4-. The van der Waals surface area contributed by atoms with Crippen LogP contribution >= 0.6 is 0 Å². The third kappa shape index (κ3) is 7.08. The Labute approximate surface area is 179 Å². The quantitative estimate of drug-likeness (QED) is 0.314. The summed E-state index contributed by atoms with van der Waals surface area (Å²) in [5.41, 5.74) is 0. The van der Waals surface area contributed by atoms with Gasteiger partial charge in [-0.1, -0.05) is 6.92 Å². The summed E-state index contributed by atoms with van der Waals surface area (Å²) in [6.07, 6.45) is 7.66. The first-order chi connectivity index (χ1) is 13.7. The normalized spacial score (nSPS) is 10.7. The van der Waals surface area contributed by atoms with Gasteiger partial charge in [-0.05, 0) is 0 Å². The molecule has 2 rings (SSSR count). The van der Waals surface area contributed by atoms with Gasteiger partial charge in [-0.25, -0.2) is 0 Å². The molecule has 2 aromatic carbocycles. The predicted molar refractivity (Wildman–Crippen MR) is 109 cm³/mol. The minimum atomic E-state index is -0.445. The maximum atomic E-state index is 5.88. The first kappa shape index (κ1) is 22.7. The molecular weight excluding hydrogens is 467 g/mol. The molecule has 0 aliphatic rings. The molecule has 0 aromatic heterocycles. The SMILES string of the molecule is CCCCCCCCOc1ccc([I-]c2c(OC)cc(OC)cc2OC)cc1. The second kappa shape index (κ2) is 12.8. The summed E-state index contributed by atoms with van der Waals surface area (Å²) >= 11 is -0.445. The molecule has 0 aliphatic heterocycles. The molecule has 0 amide bonds. The van der Waals surface area contributed by atoms with Crippen LogP contribution in [0, 0.1) is 7.14 Å². The molecule has 0 saturated heterocycles. The summed E-state index contributed by atoms with van der Waals surface area (Å²) < 4.78 is 24.8. The third-order valence-electron chi connectivity index (χ3n) is 4.44. The fraction of sp³-hybridized carbons (Fsp3) is 0.478. The number of rotatable bonds is 13. The van der Waals surface area contributed by atoms with Crippen molar-refractivity contribution in [3.05, 3.63) is 43.5 Å². The molecule has 0 heterocycles. The van der Waals surface area contributed by atoms with Crippen molar-refractivity contribution in [3.8, 4) is 23.0 Å². The number of halogens is 1. The van der Waals surface area contributed by atoms with E-state index in [2.05, 4.69) is 31.2 Å². The molecule has 5 heteroatoms. The predicted octanol–water partition coefficient (Wildman–Crippen LogP) is 2.58. The van der Waals surface area contributed by atoms with Gasteiger partial charge in [0.15, 0.2) is 0 Å². The van der Waals surface area contributed by atoms with E-state index in [0.717, 1.165) is 39.6 Å². The van der Waals surface area contributed by atoms with Crippen molar-refractivity contribution in [2.24, 2.45) is 0 Å². The van der Waals surface area contributed by atoms with Gasteiger partial charge < -0.3 is 0 Å². The van der Waals surface area contributed by atoms with E-state index in [1.807, 2.05) is 12.1 Å². The Morgan fingerprint density at radius 3 is 1.89 bits per heavy atom. The molecule has 0 bridgehead atoms. The summed E-state index contributed by atoms with van der Waals surface area (Å²) in [5, 5.41) is 0. The van der Waals surface area contributed by atoms with E-state index < -0.39 is 21.2 Å². The maximum absolute atomic E-state index is 5.88. The Morgan fingerprint density at radius 2 is 1.32 bits per heavy atom. The molecule has 28 heavy (non-hydrogen) atoms. The van der Waals surface area contributed by atoms with Crippen LogP contribution < -0.4 is 40.2 Å². The average molecular weight is 499 g/mol. The van der Waals surface area contributed by atoms with Gasteiger partial charge in [0.05, 0.1) is 0 Å². The summed E-state index contributed by atoms with van der Waals surface area (Å²) in [6, 6.07) is 12.2. The Morgan fingerprint density at radius 1 is 0.714 bits per heavy atom. The number of unbranched alkanes of at least 4 members (excludes halogenated alkanes) is 5. The summed E-state index contributed by atoms with van der Waals surface area (Å²) in [4.78, 5) is 0. The number of methoxy groups -OCH3 is 3. The van der Waals surface area contributed by atoms with E-state index in [9.17, 15) is 0 Å². The van der Waals surface area contributed by atoms with E-state index >= 15 is 0 Å². The third-order valence-corrected chi connectivity index (χ3v) is 7.38. The Kier molecular flexibility index (Phi) is 10.3. The first-order valence-corrected chi connectivity index (χ1v) is 12.0. The molecule has 0 unspecified atom stereocenters. The van der Waals surface area contributed by atoms with Gasteiger partial charge in [0.1, 0.15) is 0 Å². The number of hydrogen-bond acceptors (Lipinski definition) is 4. The van der Waals surface area contributed by atoms with E-state index in [4.69, 9.17) is 18.9 Å². The van der Waals surface area contributed by atoms with E-state index in [1.165, 1.54) is 35.7 Å². The van der Waals surface area contributed by atoms with Crippen LogP contribution in [0.4, 0.5) is 0 Å². The van der Waals surface area contributed by atoms with Crippen LogP contribution in [0.5, 0.6) is 23.0 Å². The molecule has 4 nitrogen and oxygen atoms in total. The minimum absolute atomic E-state index is 0.445. The summed E-state index contributed by atoms with van der Waals surface area (Å²) in [5.74, 6) is 3.30. The van der Waals surface area contributed by atoms with Crippen molar-refractivity contribution in [2.75, 3.05) is 27.9 Å². The zero-order chi connectivity index (χ0) is 20.2. The average Bonchev–Trinajstić information content (AvgIpc) is 2.74. The van der Waals surface area contributed by atoms with Crippen molar-refractivity contribution in [3.63, 3.8) is 0 Å². The standard InChI is InChI=1S/C23H32IO4/c1-5-6-7-8-9-10-15-28-19-13-11-18(12-14-19)24-23-21(26-3)16-20(25-2)17-22(23)27-4/h11-14,16-17H,5-10,15H2,1-4H3/q-1. The van der Waals surface area contributed by atoms with E-state index in [0.29, 0.717) is 0 Å². The fourth-order valence-corrected chi connectivity index (χ4v) is 5.46. The molecule has 0 atom stereocenters. The second-order valence-corrected chi connectivity index (χ2v) is 9.37. The summed E-state index contributed by atoms with van der Waals surface area (Å²) in [7, 11) is 5.01. The molecule has 156 valence electrons. The number of ether oxygens (including phenoxy) is 4. The van der Waals surface area contributed by atoms with Crippen molar-refractivity contribution >= 4 is 0 Å². The fourth-order valence-electron chi connectivity index (χ4n) is 2.83. The van der Waals surface area contributed by atoms with Gasteiger partial charge >= 0.3 is 173 Å². The monoisotopic (exact) mass is 499 g/mol. The van der Waals surface area contributed by atoms with Crippen LogP contribution in [-0.2, 0) is 0 Å². The van der Waals surface area contributed by atoms with Crippen LogP contribution in [0.1, 0.15) is 45.4 Å². The van der Waals surface area contributed by atoms with Gasteiger partial charge in [-0.3, -0.25) is 0 Å². The van der Waals surface area contributed by atoms with Crippen molar-refractivity contribution in [1.82, 2.24) is 0 Å². The summed E-state index contributed by atoms with van der Waals surface area (Å²) in [6.45, 7) is 3.04. The van der Waals surface area contributed by atoms with Crippen molar-refractivity contribution in [1.29, 1.82) is 0 Å². The van der Waals surface area contributed by atoms with E-state index in [-0.39, 0.29) is 0 Å². The van der Waals surface area contributed by atoms with Crippen LogP contribution in [-0.4, -0.2) is 27.9 Å². The molecule has 0 radical (unpaired) electrons. The van der Waals surface area contributed by atoms with Crippen LogP contribution in [0.15, 0.2) is 36.4 Å². The van der Waals surface area contributed by atoms with Gasteiger partial charge in [0.2, 0.25) is 0 Å². The second-order valence-electron chi connectivity index (χ2n) is 6.51. The number of benzene rings is 2. The molecule has 0 saturated carbocycles. The van der Waals surface area contributed by atoms with Gasteiger partial charge in [0.25, 0.3) is 0 Å². The van der Waals surface area contributed by atoms with Gasteiger partial charge in [0, 0.05) is 0 Å². The van der Waals surface area contributed by atoms with Crippen molar-refractivity contribution < 1.29 is 40.2 Å². The van der Waals surface area contributed by atoms with Crippen molar-refractivity contribution in [2.45, 2.75) is 45.4 Å². The molecule has 0 fully saturated rings. The van der Waals surface area contributed by atoms with Crippen LogP contribution in [0.2, 0.25) is 0 Å². The topological polar surface area (TPSA) is 36.9 Å². The zero-order valence-electron chi connectivity index (χ0n) is 17.4. The zero-order valence-corrected chi connectivity index (χ0v) is 19.6. The van der Waals surface area contributed by atoms with Gasteiger partial charge in [-0.15, -0.1) is 0 Å². The Bertz CT molecular complexity index is 675. The number of hydrogen-bond donors (Lipinski definition) is 0. The molecule has 0 aliphatic carbocycles. The Hall–Kier alpha value is -1.63. The van der Waals surface area contributed by atoms with E-state index in [1.54, 1.807) is 21.3 Å². The van der Waals surface area contributed by atoms with Crippen LogP contribution in [0.3, 0.4) is 0 Å². The van der Waals surface area contributed by atoms with Crippen LogP contribution in [0.25, 0.3) is 0 Å².